The molecule has 0 spiro atoms. The highest BCUT2D eigenvalue weighted by Gasteiger charge is 2.33. The number of unbranched alkanes of at least 4 members (excludes halogenated alkanes) is 3. The van der Waals surface area contributed by atoms with Gasteiger partial charge < -0.3 is 10.5 Å². The highest BCUT2D eigenvalue weighted by Crippen LogP contribution is 2.36. The van der Waals surface area contributed by atoms with Crippen LogP contribution in [0.25, 0.3) is 0 Å². The first-order valence-corrected chi connectivity index (χ1v) is 6.98. The standard InChI is InChI=1S/C15H22F3NO/c1-3-4-5-6-7-11(2)20-12-8-9-14(19)13(10-12)15(16,17)18/h8-11H,3-7,19H2,1-2H3. The Morgan fingerprint density at radius 1 is 1.20 bits per heavy atom. The van der Waals surface area contributed by atoms with E-state index in [1.165, 1.54) is 18.6 Å². The third-order valence-electron chi connectivity index (χ3n) is 3.13. The van der Waals surface area contributed by atoms with Crippen molar-refractivity contribution in [3.05, 3.63) is 23.8 Å². The van der Waals surface area contributed by atoms with E-state index in [0.717, 1.165) is 31.7 Å². The summed E-state index contributed by atoms with van der Waals surface area (Å²) >= 11 is 0. The molecule has 0 amide bonds. The van der Waals surface area contributed by atoms with Crippen LogP contribution in [0, 0.1) is 0 Å². The van der Waals surface area contributed by atoms with E-state index < -0.39 is 11.7 Å². The van der Waals surface area contributed by atoms with Gasteiger partial charge in [-0.15, -0.1) is 0 Å². The molecule has 0 saturated carbocycles. The molecule has 0 radical (unpaired) electrons. The molecule has 0 aromatic heterocycles. The van der Waals surface area contributed by atoms with Crippen LogP contribution in [-0.2, 0) is 6.18 Å². The van der Waals surface area contributed by atoms with Crippen LogP contribution in [0.3, 0.4) is 0 Å². The first kappa shape index (κ1) is 16.7. The zero-order chi connectivity index (χ0) is 15.2. The molecule has 1 aromatic rings. The fraction of sp³-hybridized carbons (Fsp3) is 0.600. The number of ether oxygens (including phenoxy) is 1. The number of nitrogen functional groups attached to an aromatic ring is 1. The lowest BCUT2D eigenvalue weighted by molar-refractivity contribution is -0.137. The van der Waals surface area contributed by atoms with Gasteiger partial charge in [0.25, 0.3) is 0 Å². The molecule has 0 saturated heterocycles. The van der Waals surface area contributed by atoms with Gasteiger partial charge in [-0.25, -0.2) is 0 Å². The van der Waals surface area contributed by atoms with Gasteiger partial charge in [0.15, 0.2) is 0 Å². The Balaban J connectivity index is 2.60. The lowest BCUT2D eigenvalue weighted by Crippen LogP contribution is -2.13. The lowest BCUT2D eigenvalue weighted by Gasteiger charge is -2.17. The van der Waals surface area contributed by atoms with Gasteiger partial charge in [0, 0.05) is 5.69 Å². The van der Waals surface area contributed by atoms with Gasteiger partial charge in [-0.2, -0.15) is 13.2 Å². The Morgan fingerprint density at radius 3 is 2.50 bits per heavy atom. The van der Waals surface area contributed by atoms with E-state index in [-0.39, 0.29) is 17.5 Å². The summed E-state index contributed by atoms with van der Waals surface area (Å²) in [5.74, 6) is 0.217. The largest absolute Gasteiger partial charge is 0.491 e. The Labute approximate surface area is 118 Å². The molecule has 1 aromatic carbocycles. The Morgan fingerprint density at radius 2 is 1.90 bits per heavy atom. The highest BCUT2D eigenvalue weighted by atomic mass is 19.4. The van der Waals surface area contributed by atoms with Gasteiger partial charge in [-0.05, 0) is 38.0 Å². The van der Waals surface area contributed by atoms with Crippen molar-refractivity contribution >= 4 is 5.69 Å². The van der Waals surface area contributed by atoms with Crippen molar-refractivity contribution < 1.29 is 17.9 Å². The van der Waals surface area contributed by atoms with Gasteiger partial charge in [-0.3, -0.25) is 0 Å². The first-order valence-electron chi connectivity index (χ1n) is 6.98. The minimum absolute atomic E-state index is 0.100. The molecule has 1 unspecified atom stereocenters. The summed E-state index contributed by atoms with van der Waals surface area (Å²) in [4.78, 5) is 0. The predicted octanol–water partition coefficient (Wildman–Crippen LogP) is 5.03. The third kappa shape index (κ3) is 5.31. The number of alkyl halides is 3. The maximum atomic E-state index is 12.7. The summed E-state index contributed by atoms with van der Waals surface area (Å²) in [6.45, 7) is 4.00. The minimum atomic E-state index is -4.45. The SMILES string of the molecule is CCCCCCC(C)Oc1ccc(N)c(C(F)(F)F)c1. The second-order valence-electron chi connectivity index (χ2n) is 5.02. The molecule has 5 heteroatoms. The smallest absolute Gasteiger partial charge is 0.418 e. The molecule has 0 heterocycles. The first-order chi connectivity index (χ1) is 9.34. The monoisotopic (exact) mass is 289 g/mol. The van der Waals surface area contributed by atoms with Crippen molar-refractivity contribution in [2.75, 3.05) is 5.73 Å². The number of halogens is 3. The van der Waals surface area contributed by atoms with Crippen LogP contribution in [0.1, 0.15) is 51.5 Å². The Bertz CT molecular complexity index is 418. The molecule has 20 heavy (non-hydrogen) atoms. The van der Waals surface area contributed by atoms with Gasteiger partial charge in [-0.1, -0.05) is 26.2 Å². The number of rotatable bonds is 7. The number of hydrogen-bond donors (Lipinski definition) is 1. The molecule has 2 nitrogen and oxygen atoms in total. The second-order valence-corrected chi connectivity index (χ2v) is 5.02. The van der Waals surface area contributed by atoms with Crippen molar-refractivity contribution in [1.82, 2.24) is 0 Å². The molecule has 0 fully saturated rings. The number of benzene rings is 1. The molecule has 0 bridgehead atoms. The highest BCUT2D eigenvalue weighted by molar-refractivity contribution is 5.52. The number of anilines is 1. The van der Waals surface area contributed by atoms with Gasteiger partial charge in [0.2, 0.25) is 0 Å². The zero-order valence-corrected chi connectivity index (χ0v) is 12.0. The van der Waals surface area contributed by atoms with Gasteiger partial charge in [0.1, 0.15) is 5.75 Å². The van der Waals surface area contributed by atoms with Crippen LogP contribution >= 0.6 is 0 Å². The van der Waals surface area contributed by atoms with Crippen molar-refractivity contribution in [3.63, 3.8) is 0 Å². The number of hydrogen-bond acceptors (Lipinski definition) is 2. The van der Waals surface area contributed by atoms with E-state index in [9.17, 15) is 13.2 Å². The summed E-state index contributed by atoms with van der Waals surface area (Å²) in [5, 5.41) is 0. The van der Waals surface area contributed by atoms with Crippen molar-refractivity contribution in [2.45, 2.75) is 58.2 Å². The maximum Gasteiger partial charge on any atom is 0.418 e. The lowest BCUT2D eigenvalue weighted by atomic mass is 10.1. The zero-order valence-electron chi connectivity index (χ0n) is 12.0. The predicted molar refractivity (Wildman–Crippen MR) is 74.7 cm³/mol. The van der Waals surface area contributed by atoms with E-state index in [1.807, 2.05) is 6.92 Å². The van der Waals surface area contributed by atoms with Crippen molar-refractivity contribution in [1.29, 1.82) is 0 Å². The van der Waals surface area contributed by atoms with Crippen LogP contribution < -0.4 is 10.5 Å². The summed E-state index contributed by atoms with van der Waals surface area (Å²) in [5.41, 5.74) is 4.23. The average molecular weight is 289 g/mol. The fourth-order valence-electron chi connectivity index (χ4n) is 2.00. The molecular weight excluding hydrogens is 267 g/mol. The second kappa shape index (κ2) is 7.41. The number of nitrogens with two attached hydrogens (primary N) is 1. The summed E-state index contributed by atoms with van der Waals surface area (Å²) in [7, 11) is 0. The molecular formula is C15H22F3NO. The van der Waals surface area contributed by atoms with Gasteiger partial charge >= 0.3 is 6.18 Å². The molecule has 1 atom stereocenters. The van der Waals surface area contributed by atoms with E-state index in [0.29, 0.717) is 0 Å². The average Bonchev–Trinajstić information content (AvgIpc) is 2.36. The van der Waals surface area contributed by atoms with E-state index in [1.54, 1.807) is 0 Å². The van der Waals surface area contributed by atoms with Crippen LogP contribution in [0.4, 0.5) is 18.9 Å². The van der Waals surface area contributed by atoms with E-state index >= 15 is 0 Å². The fourth-order valence-corrected chi connectivity index (χ4v) is 2.00. The molecule has 0 aliphatic carbocycles. The molecule has 2 N–H and O–H groups in total. The van der Waals surface area contributed by atoms with Crippen LogP contribution in [0.5, 0.6) is 5.75 Å². The molecule has 0 aliphatic rings. The molecule has 114 valence electrons. The Hall–Kier alpha value is -1.39. The van der Waals surface area contributed by atoms with Crippen LogP contribution in [0.2, 0.25) is 0 Å². The van der Waals surface area contributed by atoms with Crippen molar-refractivity contribution in [2.24, 2.45) is 0 Å². The summed E-state index contributed by atoms with van der Waals surface area (Å²) in [6, 6.07) is 3.69. The molecule has 1 rings (SSSR count). The van der Waals surface area contributed by atoms with Gasteiger partial charge in [0.05, 0.1) is 11.7 Å². The summed E-state index contributed by atoms with van der Waals surface area (Å²) < 4.78 is 43.7. The third-order valence-corrected chi connectivity index (χ3v) is 3.13. The van der Waals surface area contributed by atoms with Crippen LogP contribution in [-0.4, -0.2) is 6.10 Å². The van der Waals surface area contributed by atoms with Crippen molar-refractivity contribution in [3.8, 4) is 5.75 Å². The molecule has 0 aliphatic heterocycles. The normalized spacial score (nSPS) is 13.2. The quantitative estimate of drug-likeness (QED) is 0.564. The minimum Gasteiger partial charge on any atom is -0.491 e. The van der Waals surface area contributed by atoms with E-state index in [4.69, 9.17) is 10.5 Å². The van der Waals surface area contributed by atoms with Crippen LogP contribution in [0.15, 0.2) is 18.2 Å². The summed E-state index contributed by atoms with van der Waals surface area (Å²) in [6.07, 6.45) is 0.765. The topological polar surface area (TPSA) is 35.2 Å². The maximum absolute atomic E-state index is 12.7. The Kier molecular flexibility index (Phi) is 6.17. The van der Waals surface area contributed by atoms with E-state index in [2.05, 4.69) is 6.92 Å².